The Hall–Kier alpha value is -0.360. The minimum Gasteiger partial charge on any atom is -0.338 e. The third-order valence-electron chi connectivity index (χ3n) is 3.40. The molecule has 1 aromatic rings. The molecule has 0 bridgehead atoms. The molecule has 0 atom stereocenters. The van der Waals surface area contributed by atoms with Gasteiger partial charge in [0.25, 0.3) is 0 Å². The van der Waals surface area contributed by atoms with Gasteiger partial charge in [0.1, 0.15) is 0 Å². The maximum atomic E-state index is 12.3. The minimum atomic E-state index is -0.636. The van der Waals surface area contributed by atoms with E-state index in [9.17, 15) is 4.79 Å². The highest BCUT2D eigenvalue weighted by molar-refractivity contribution is 7.07. The van der Waals surface area contributed by atoms with Crippen molar-refractivity contribution in [1.82, 2.24) is 9.88 Å². The molecule has 0 spiro atoms. The third-order valence-corrected chi connectivity index (χ3v) is 4.04. The molecule has 0 radical (unpaired) electrons. The van der Waals surface area contributed by atoms with Crippen molar-refractivity contribution in [3.05, 3.63) is 16.6 Å². The molecular formula is C12H21Cl2N3OS. The van der Waals surface area contributed by atoms with E-state index in [4.69, 9.17) is 5.73 Å². The first-order valence-electron chi connectivity index (χ1n) is 6.03. The number of likely N-dealkylation sites (N-methyl/N-ethyl adjacent to an activating group) is 1. The lowest BCUT2D eigenvalue weighted by Gasteiger charge is -2.35. The van der Waals surface area contributed by atoms with Crippen LogP contribution in [0.3, 0.4) is 0 Å². The summed E-state index contributed by atoms with van der Waals surface area (Å²) >= 11 is 1.55. The van der Waals surface area contributed by atoms with E-state index in [1.54, 1.807) is 21.7 Å². The molecule has 1 aliphatic rings. The number of hydrogen-bond donors (Lipinski definition) is 1. The summed E-state index contributed by atoms with van der Waals surface area (Å²) < 4.78 is 0. The standard InChI is InChI=1S/C12H19N3OS.2ClH/c1-15(7-10-8-17-9-14-10)11(16)12(13)5-3-2-4-6-12;;/h8-9H,2-7,13H2,1H3;2*1H. The number of amides is 1. The fourth-order valence-electron chi connectivity index (χ4n) is 2.41. The topological polar surface area (TPSA) is 59.2 Å². The summed E-state index contributed by atoms with van der Waals surface area (Å²) in [4.78, 5) is 18.2. The number of hydrogen-bond acceptors (Lipinski definition) is 4. The zero-order valence-corrected chi connectivity index (χ0v) is 13.5. The molecule has 0 aliphatic heterocycles. The monoisotopic (exact) mass is 325 g/mol. The van der Waals surface area contributed by atoms with E-state index in [0.717, 1.165) is 31.4 Å². The maximum absolute atomic E-state index is 12.3. The second-order valence-corrected chi connectivity index (χ2v) is 5.58. The van der Waals surface area contributed by atoms with E-state index in [2.05, 4.69) is 4.98 Å². The molecule has 19 heavy (non-hydrogen) atoms. The summed E-state index contributed by atoms with van der Waals surface area (Å²) in [6.45, 7) is 0.557. The highest BCUT2D eigenvalue weighted by Crippen LogP contribution is 2.27. The van der Waals surface area contributed by atoms with Crippen molar-refractivity contribution in [2.75, 3.05) is 7.05 Å². The van der Waals surface area contributed by atoms with Gasteiger partial charge in [0.05, 0.1) is 23.3 Å². The molecule has 1 amide bonds. The second kappa shape index (κ2) is 8.04. The van der Waals surface area contributed by atoms with Crippen LogP contribution in [-0.2, 0) is 11.3 Å². The van der Waals surface area contributed by atoms with E-state index >= 15 is 0 Å². The number of nitrogens with zero attached hydrogens (tertiary/aromatic N) is 2. The molecule has 2 N–H and O–H groups in total. The molecule has 1 saturated carbocycles. The molecular weight excluding hydrogens is 305 g/mol. The van der Waals surface area contributed by atoms with Crippen LogP contribution >= 0.6 is 36.2 Å². The number of carbonyl (C=O) groups is 1. The molecule has 0 aromatic carbocycles. The van der Waals surface area contributed by atoms with Gasteiger partial charge in [-0.1, -0.05) is 19.3 Å². The van der Waals surface area contributed by atoms with E-state index in [-0.39, 0.29) is 30.7 Å². The molecule has 1 heterocycles. The second-order valence-electron chi connectivity index (χ2n) is 4.86. The van der Waals surface area contributed by atoms with Gasteiger partial charge in [0.2, 0.25) is 5.91 Å². The number of nitrogens with two attached hydrogens (primary N) is 1. The van der Waals surface area contributed by atoms with Crippen molar-refractivity contribution in [2.24, 2.45) is 5.73 Å². The van der Waals surface area contributed by atoms with Gasteiger partial charge in [-0.15, -0.1) is 36.2 Å². The van der Waals surface area contributed by atoms with Crippen LogP contribution in [0.4, 0.5) is 0 Å². The SMILES string of the molecule is CN(Cc1cscn1)C(=O)C1(N)CCCCC1.Cl.Cl. The first kappa shape index (κ1) is 18.6. The van der Waals surface area contributed by atoms with Crippen LogP contribution in [-0.4, -0.2) is 28.4 Å². The van der Waals surface area contributed by atoms with Crippen LogP contribution in [0.1, 0.15) is 37.8 Å². The average Bonchev–Trinajstić information content (AvgIpc) is 2.81. The average molecular weight is 326 g/mol. The number of aromatic nitrogens is 1. The third kappa shape index (κ3) is 4.60. The molecule has 2 rings (SSSR count). The number of rotatable bonds is 3. The maximum Gasteiger partial charge on any atom is 0.242 e. The molecule has 110 valence electrons. The highest BCUT2D eigenvalue weighted by Gasteiger charge is 2.37. The molecule has 1 fully saturated rings. The van der Waals surface area contributed by atoms with Crippen molar-refractivity contribution in [2.45, 2.75) is 44.2 Å². The van der Waals surface area contributed by atoms with Crippen molar-refractivity contribution < 1.29 is 4.79 Å². The van der Waals surface area contributed by atoms with Gasteiger partial charge < -0.3 is 10.6 Å². The first-order valence-corrected chi connectivity index (χ1v) is 6.98. The molecule has 0 saturated heterocycles. The fourth-order valence-corrected chi connectivity index (χ4v) is 2.96. The molecule has 7 heteroatoms. The van der Waals surface area contributed by atoms with E-state index < -0.39 is 5.54 Å². The van der Waals surface area contributed by atoms with Gasteiger partial charge in [0, 0.05) is 12.4 Å². The Morgan fingerprint density at radius 2 is 2.05 bits per heavy atom. The first-order chi connectivity index (χ1) is 8.12. The predicted octanol–water partition coefficient (Wildman–Crippen LogP) is 2.61. The Morgan fingerprint density at radius 3 is 2.58 bits per heavy atom. The lowest BCUT2D eigenvalue weighted by Crippen LogP contribution is -2.55. The Bertz CT molecular complexity index is 380. The highest BCUT2D eigenvalue weighted by atomic mass is 35.5. The Balaban J connectivity index is 0.00000162. The zero-order chi connectivity index (χ0) is 12.3. The minimum absolute atomic E-state index is 0. The van der Waals surface area contributed by atoms with Crippen LogP contribution in [0, 0.1) is 0 Å². The van der Waals surface area contributed by atoms with Gasteiger partial charge in [-0.2, -0.15) is 0 Å². The summed E-state index contributed by atoms with van der Waals surface area (Å²) in [5.74, 6) is 0.0604. The normalized spacial score (nSPS) is 16.9. The van der Waals surface area contributed by atoms with Crippen molar-refractivity contribution >= 4 is 42.1 Å². The van der Waals surface area contributed by atoms with E-state index in [1.165, 1.54) is 6.42 Å². The summed E-state index contributed by atoms with van der Waals surface area (Å²) in [5, 5.41) is 1.97. The lowest BCUT2D eigenvalue weighted by atomic mass is 9.81. The smallest absolute Gasteiger partial charge is 0.242 e. The number of carbonyl (C=O) groups excluding carboxylic acids is 1. The van der Waals surface area contributed by atoms with Gasteiger partial charge in [-0.3, -0.25) is 4.79 Å². The number of halogens is 2. The van der Waals surface area contributed by atoms with Gasteiger partial charge in [-0.25, -0.2) is 4.98 Å². The lowest BCUT2D eigenvalue weighted by molar-refractivity contribution is -0.137. The molecule has 1 aromatic heterocycles. The van der Waals surface area contributed by atoms with Crippen molar-refractivity contribution in [3.63, 3.8) is 0 Å². The van der Waals surface area contributed by atoms with Crippen LogP contribution in [0.5, 0.6) is 0 Å². The predicted molar refractivity (Wildman–Crippen MR) is 83.1 cm³/mol. The molecule has 4 nitrogen and oxygen atoms in total. The number of thiazole rings is 1. The largest absolute Gasteiger partial charge is 0.338 e. The molecule has 1 aliphatic carbocycles. The van der Waals surface area contributed by atoms with Crippen molar-refractivity contribution in [1.29, 1.82) is 0 Å². The quantitative estimate of drug-likeness (QED) is 0.929. The van der Waals surface area contributed by atoms with E-state index in [0.29, 0.717) is 6.54 Å². The van der Waals surface area contributed by atoms with Crippen LogP contribution < -0.4 is 5.73 Å². The van der Waals surface area contributed by atoms with Crippen molar-refractivity contribution in [3.8, 4) is 0 Å². The van der Waals surface area contributed by atoms with Gasteiger partial charge in [-0.05, 0) is 12.8 Å². The van der Waals surface area contributed by atoms with Gasteiger partial charge in [0.15, 0.2) is 0 Å². The zero-order valence-electron chi connectivity index (χ0n) is 11.0. The Kier molecular flexibility index (Phi) is 7.89. The van der Waals surface area contributed by atoms with Crippen LogP contribution in [0.15, 0.2) is 10.9 Å². The van der Waals surface area contributed by atoms with Gasteiger partial charge >= 0.3 is 0 Å². The fraction of sp³-hybridized carbons (Fsp3) is 0.667. The Morgan fingerprint density at radius 1 is 1.42 bits per heavy atom. The van der Waals surface area contributed by atoms with E-state index in [1.807, 2.05) is 12.4 Å². The summed E-state index contributed by atoms with van der Waals surface area (Å²) in [6, 6.07) is 0. The summed E-state index contributed by atoms with van der Waals surface area (Å²) in [5.41, 5.74) is 8.31. The summed E-state index contributed by atoms with van der Waals surface area (Å²) in [6.07, 6.45) is 4.95. The summed E-state index contributed by atoms with van der Waals surface area (Å²) in [7, 11) is 1.81. The van der Waals surface area contributed by atoms with Crippen LogP contribution in [0.2, 0.25) is 0 Å². The Labute approximate surface area is 130 Å². The molecule has 0 unspecified atom stereocenters. The van der Waals surface area contributed by atoms with Crippen LogP contribution in [0.25, 0.3) is 0 Å².